The maximum Gasteiger partial charge on any atom is 0.0651 e. The topological polar surface area (TPSA) is 66.7 Å². The Morgan fingerprint density at radius 2 is 2.15 bits per heavy atom. The van der Waals surface area contributed by atoms with Crippen molar-refractivity contribution in [3.63, 3.8) is 0 Å². The number of fused-ring (bicyclic) bond motifs is 2. The van der Waals surface area contributed by atoms with Gasteiger partial charge in [-0.3, -0.25) is 5.10 Å². The first-order valence-corrected chi connectivity index (χ1v) is 6.87. The van der Waals surface area contributed by atoms with Crippen molar-refractivity contribution in [1.29, 1.82) is 0 Å². The molecule has 1 aromatic heterocycles. The first kappa shape index (κ1) is 11.3. The largest absolute Gasteiger partial charge is 0.399 e. The van der Waals surface area contributed by atoms with Gasteiger partial charge >= 0.3 is 0 Å². The summed E-state index contributed by atoms with van der Waals surface area (Å²) < 4.78 is 0. The highest BCUT2D eigenvalue weighted by Crippen LogP contribution is 2.35. The van der Waals surface area contributed by atoms with Crippen LogP contribution in [0.1, 0.15) is 23.6 Å². The number of rotatable bonds is 2. The number of aromatic amines is 1. The Balaban J connectivity index is 1.64. The molecular formula is C16H16N4. The molecule has 0 radical (unpaired) electrons. The number of aromatic nitrogens is 2. The summed E-state index contributed by atoms with van der Waals surface area (Å²) in [5, 5.41) is 11.8. The van der Waals surface area contributed by atoms with Crippen LogP contribution in [0.15, 0.2) is 42.6 Å². The van der Waals surface area contributed by atoms with Gasteiger partial charge < -0.3 is 11.1 Å². The lowest BCUT2D eigenvalue weighted by molar-refractivity contribution is 0.762. The van der Waals surface area contributed by atoms with E-state index < -0.39 is 0 Å². The summed E-state index contributed by atoms with van der Waals surface area (Å²) in [4.78, 5) is 0. The molecule has 1 atom stereocenters. The molecule has 0 fully saturated rings. The highest BCUT2D eigenvalue weighted by atomic mass is 15.1. The predicted molar refractivity (Wildman–Crippen MR) is 81.6 cm³/mol. The van der Waals surface area contributed by atoms with Gasteiger partial charge in [0, 0.05) is 16.8 Å². The minimum absolute atomic E-state index is 0.370. The van der Waals surface area contributed by atoms with E-state index in [0.717, 1.165) is 35.1 Å². The summed E-state index contributed by atoms with van der Waals surface area (Å²) in [6.45, 7) is 0. The summed E-state index contributed by atoms with van der Waals surface area (Å²) in [5.41, 5.74) is 11.6. The van der Waals surface area contributed by atoms with Crippen LogP contribution in [0.2, 0.25) is 0 Å². The normalized spacial score (nSPS) is 17.3. The Morgan fingerprint density at radius 3 is 3.10 bits per heavy atom. The van der Waals surface area contributed by atoms with Crippen LogP contribution < -0.4 is 11.1 Å². The Bertz CT molecular complexity index is 775. The fourth-order valence-corrected chi connectivity index (χ4v) is 3.02. The highest BCUT2D eigenvalue weighted by molar-refractivity contribution is 5.81. The van der Waals surface area contributed by atoms with Gasteiger partial charge in [-0.25, -0.2) is 0 Å². The average Bonchev–Trinajstić information content (AvgIpc) is 3.05. The van der Waals surface area contributed by atoms with E-state index in [4.69, 9.17) is 5.73 Å². The lowest BCUT2D eigenvalue weighted by atomic mass is 10.1. The van der Waals surface area contributed by atoms with E-state index in [1.807, 2.05) is 12.3 Å². The number of hydrogen-bond acceptors (Lipinski definition) is 3. The molecule has 1 unspecified atom stereocenters. The molecule has 0 saturated carbocycles. The summed E-state index contributed by atoms with van der Waals surface area (Å²) >= 11 is 0. The number of hydrogen-bond donors (Lipinski definition) is 3. The fraction of sp³-hybridized carbons (Fsp3) is 0.188. The number of aryl methyl sites for hydroxylation is 1. The molecule has 0 saturated heterocycles. The van der Waals surface area contributed by atoms with Crippen LogP contribution in [0.4, 0.5) is 11.4 Å². The van der Waals surface area contributed by atoms with Crippen molar-refractivity contribution in [3.8, 4) is 0 Å². The molecule has 0 amide bonds. The Labute approximate surface area is 117 Å². The molecule has 4 heteroatoms. The van der Waals surface area contributed by atoms with Crippen LogP contribution in [-0.2, 0) is 6.42 Å². The monoisotopic (exact) mass is 264 g/mol. The zero-order valence-corrected chi connectivity index (χ0v) is 11.1. The van der Waals surface area contributed by atoms with E-state index in [0.29, 0.717) is 6.04 Å². The highest BCUT2D eigenvalue weighted by Gasteiger charge is 2.22. The van der Waals surface area contributed by atoms with Crippen LogP contribution in [0.25, 0.3) is 10.9 Å². The fourth-order valence-electron chi connectivity index (χ4n) is 3.02. The maximum atomic E-state index is 5.85. The standard InChI is InChI=1S/C16H16N4/c17-12-2-4-14-10(7-12)1-5-16(14)19-13-3-6-15-11(8-13)9-18-20-15/h2-4,6-9,16,19H,1,5,17H2,(H,18,20). The minimum Gasteiger partial charge on any atom is -0.399 e. The molecule has 1 heterocycles. The van der Waals surface area contributed by atoms with Gasteiger partial charge in [-0.1, -0.05) is 6.07 Å². The molecule has 1 aliphatic rings. The van der Waals surface area contributed by atoms with E-state index >= 15 is 0 Å². The number of nitrogens with two attached hydrogens (primary N) is 1. The quantitative estimate of drug-likeness (QED) is 0.622. The average molecular weight is 264 g/mol. The van der Waals surface area contributed by atoms with Gasteiger partial charge in [-0.05, 0) is 54.3 Å². The van der Waals surface area contributed by atoms with Gasteiger partial charge in [0.15, 0.2) is 0 Å². The summed E-state index contributed by atoms with van der Waals surface area (Å²) in [7, 11) is 0. The van der Waals surface area contributed by atoms with E-state index in [9.17, 15) is 0 Å². The van der Waals surface area contributed by atoms with Crippen molar-refractivity contribution in [2.75, 3.05) is 11.1 Å². The van der Waals surface area contributed by atoms with Crippen molar-refractivity contribution >= 4 is 22.3 Å². The van der Waals surface area contributed by atoms with Crippen LogP contribution in [0.3, 0.4) is 0 Å². The second-order valence-electron chi connectivity index (χ2n) is 5.37. The van der Waals surface area contributed by atoms with Crippen molar-refractivity contribution in [2.24, 2.45) is 0 Å². The van der Waals surface area contributed by atoms with E-state index in [-0.39, 0.29) is 0 Å². The summed E-state index contributed by atoms with van der Waals surface area (Å²) in [6.07, 6.45) is 4.05. The van der Waals surface area contributed by atoms with Gasteiger partial charge in [0.25, 0.3) is 0 Å². The second kappa shape index (κ2) is 4.27. The van der Waals surface area contributed by atoms with Crippen LogP contribution in [-0.4, -0.2) is 10.2 Å². The number of nitrogen functional groups attached to an aromatic ring is 1. The molecule has 4 nitrogen and oxygen atoms in total. The Kier molecular flexibility index (Phi) is 2.42. The van der Waals surface area contributed by atoms with E-state index in [2.05, 4.69) is 45.8 Å². The van der Waals surface area contributed by atoms with Gasteiger partial charge in [0.05, 0.1) is 17.8 Å². The molecule has 100 valence electrons. The van der Waals surface area contributed by atoms with Crippen molar-refractivity contribution in [2.45, 2.75) is 18.9 Å². The minimum atomic E-state index is 0.370. The molecule has 4 N–H and O–H groups in total. The number of benzene rings is 2. The van der Waals surface area contributed by atoms with Gasteiger partial charge in [0.2, 0.25) is 0 Å². The Morgan fingerprint density at radius 1 is 1.20 bits per heavy atom. The SMILES string of the molecule is Nc1ccc2c(c1)CCC2Nc1ccc2[nH]ncc2c1. The zero-order chi connectivity index (χ0) is 13.5. The summed E-state index contributed by atoms with van der Waals surface area (Å²) in [6, 6.07) is 12.9. The lowest BCUT2D eigenvalue weighted by Crippen LogP contribution is -2.06. The second-order valence-corrected chi connectivity index (χ2v) is 5.37. The molecule has 20 heavy (non-hydrogen) atoms. The molecule has 0 bridgehead atoms. The summed E-state index contributed by atoms with van der Waals surface area (Å²) in [5.74, 6) is 0. The molecule has 0 spiro atoms. The smallest absolute Gasteiger partial charge is 0.0651 e. The van der Waals surface area contributed by atoms with E-state index in [1.165, 1.54) is 11.1 Å². The number of H-pyrrole nitrogens is 1. The first-order chi connectivity index (χ1) is 9.79. The van der Waals surface area contributed by atoms with Crippen molar-refractivity contribution < 1.29 is 0 Å². The number of anilines is 2. The maximum absolute atomic E-state index is 5.85. The molecule has 3 aromatic rings. The molecule has 4 rings (SSSR count). The molecule has 1 aliphatic carbocycles. The lowest BCUT2D eigenvalue weighted by Gasteiger charge is -2.15. The molecule has 0 aliphatic heterocycles. The van der Waals surface area contributed by atoms with Crippen LogP contribution in [0, 0.1) is 0 Å². The van der Waals surface area contributed by atoms with Crippen LogP contribution in [0.5, 0.6) is 0 Å². The third kappa shape index (κ3) is 1.81. The van der Waals surface area contributed by atoms with Crippen molar-refractivity contribution in [3.05, 3.63) is 53.7 Å². The van der Waals surface area contributed by atoms with E-state index in [1.54, 1.807) is 0 Å². The third-order valence-corrected chi connectivity index (χ3v) is 4.03. The zero-order valence-electron chi connectivity index (χ0n) is 11.1. The van der Waals surface area contributed by atoms with Crippen LogP contribution >= 0.6 is 0 Å². The number of nitrogens with zero attached hydrogens (tertiary/aromatic N) is 1. The van der Waals surface area contributed by atoms with Gasteiger partial charge in [-0.15, -0.1) is 0 Å². The predicted octanol–water partition coefficient (Wildman–Crippen LogP) is 3.24. The van der Waals surface area contributed by atoms with Gasteiger partial charge in [-0.2, -0.15) is 5.10 Å². The third-order valence-electron chi connectivity index (χ3n) is 4.03. The first-order valence-electron chi connectivity index (χ1n) is 6.87. The molecule has 2 aromatic carbocycles. The number of nitrogens with one attached hydrogen (secondary N) is 2. The van der Waals surface area contributed by atoms with Gasteiger partial charge in [0.1, 0.15) is 0 Å². The van der Waals surface area contributed by atoms with Crippen molar-refractivity contribution in [1.82, 2.24) is 10.2 Å². The Hall–Kier alpha value is -2.49. The molecular weight excluding hydrogens is 248 g/mol.